The van der Waals surface area contributed by atoms with Gasteiger partial charge in [-0.2, -0.15) is 0 Å². The summed E-state index contributed by atoms with van der Waals surface area (Å²) in [6, 6.07) is 6.92. The first-order valence-electron chi connectivity index (χ1n) is 6.96. The summed E-state index contributed by atoms with van der Waals surface area (Å²) < 4.78 is 27.8. The van der Waals surface area contributed by atoms with E-state index in [0.717, 1.165) is 18.5 Å². The predicted octanol–water partition coefficient (Wildman–Crippen LogP) is 1.13. The van der Waals surface area contributed by atoms with E-state index in [4.69, 9.17) is 4.74 Å². The molecular weight excluding hydrogens is 290 g/mol. The zero-order valence-electron chi connectivity index (χ0n) is 12.4. The van der Waals surface area contributed by atoms with E-state index in [1.54, 1.807) is 19.2 Å². The number of hydrogen-bond acceptors (Lipinski definition) is 4. The Balaban J connectivity index is 1.95. The van der Waals surface area contributed by atoms with Crippen molar-refractivity contribution in [3.8, 4) is 0 Å². The summed E-state index contributed by atoms with van der Waals surface area (Å²) in [6.45, 7) is 1.94. The second kappa shape index (κ2) is 6.58. The van der Waals surface area contributed by atoms with Crippen molar-refractivity contribution >= 4 is 15.7 Å². The molecule has 0 radical (unpaired) electrons. The monoisotopic (exact) mass is 311 g/mol. The van der Waals surface area contributed by atoms with Crippen LogP contribution in [0.4, 0.5) is 0 Å². The van der Waals surface area contributed by atoms with Crippen LogP contribution in [0.2, 0.25) is 0 Å². The van der Waals surface area contributed by atoms with Crippen LogP contribution in [0.1, 0.15) is 12.0 Å². The molecule has 0 unspecified atom stereocenters. The molecule has 1 fully saturated rings. The zero-order chi connectivity index (χ0) is 15.5. The van der Waals surface area contributed by atoms with Crippen molar-refractivity contribution in [3.05, 3.63) is 29.8 Å². The summed E-state index contributed by atoms with van der Waals surface area (Å²) in [5.74, 6) is 0.461. The molecule has 1 atom stereocenters. The van der Waals surface area contributed by atoms with E-state index in [0.29, 0.717) is 30.4 Å². The lowest BCUT2D eigenvalue weighted by atomic mass is 9.99. The molecule has 0 aliphatic carbocycles. The van der Waals surface area contributed by atoms with E-state index in [-0.39, 0.29) is 5.91 Å². The fraction of sp³-hybridized carbons (Fsp3) is 0.533. The lowest BCUT2D eigenvalue weighted by Gasteiger charge is -2.16. The molecule has 0 N–H and O–H groups in total. The number of ether oxygens (including phenoxy) is 1. The van der Waals surface area contributed by atoms with Gasteiger partial charge in [-0.25, -0.2) is 8.42 Å². The number of methoxy groups -OCH3 is 1. The van der Waals surface area contributed by atoms with E-state index in [2.05, 4.69) is 0 Å². The summed E-state index contributed by atoms with van der Waals surface area (Å²) >= 11 is 0. The molecule has 2 rings (SSSR count). The molecule has 0 spiro atoms. The average Bonchev–Trinajstić information content (AvgIpc) is 2.76. The topological polar surface area (TPSA) is 63.7 Å². The second-order valence-electron chi connectivity index (χ2n) is 5.52. The Morgan fingerprint density at radius 1 is 1.29 bits per heavy atom. The SMILES string of the molecule is COCCN1C[C@@H](Cc2ccc(S(C)(=O)=O)cc2)CC1=O. The number of sulfone groups is 1. The van der Waals surface area contributed by atoms with Crippen LogP contribution >= 0.6 is 0 Å². The largest absolute Gasteiger partial charge is 0.383 e. The van der Waals surface area contributed by atoms with Gasteiger partial charge in [0, 0.05) is 32.9 Å². The van der Waals surface area contributed by atoms with Crippen LogP contribution < -0.4 is 0 Å². The van der Waals surface area contributed by atoms with E-state index in [1.807, 2.05) is 17.0 Å². The third kappa shape index (κ3) is 4.28. The Kier molecular flexibility index (Phi) is 5.00. The van der Waals surface area contributed by atoms with Gasteiger partial charge in [-0.05, 0) is 30.0 Å². The first kappa shape index (κ1) is 16.0. The van der Waals surface area contributed by atoms with Crippen LogP contribution in [-0.2, 0) is 25.8 Å². The molecule has 1 aliphatic rings. The summed E-state index contributed by atoms with van der Waals surface area (Å²) in [5.41, 5.74) is 1.06. The standard InChI is InChI=1S/C15H21NO4S/c1-20-8-7-16-11-13(10-15(16)17)9-12-3-5-14(6-4-12)21(2,18)19/h3-6,13H,7-11H2,1-2H3/t13-/m0/s1. The van der Waals surface area contributed by atoms with Crippen molar-refractivity contribution in [3.63, 3.8) is 0 Å². The number of carbonyl (C=O) groups excluding carboxylic acids is 1. The molecule has 1 aromatic rings. The highest BCUT2D eigenvalue weighted by atomic mass is 32.2. The molecule has 5 nitrogen and oxygen atoms in total. The van der Waals surface area contributed by atoms with Crippen LogP contribution in [0.25, 0.3) is 0 Å². The van der Waals surface area contributed by atoms with Gasteiger partial charge >= 0.3 is 0 Å². The molecular formula is C15H21NO4S. The maximum absolute atomic E-state index is 11.9. The second-order valence-corrected chi connectivity index (χ2v) is 7.54. The van der Waals surface area contributed by atoms with Crippen LogP contribution in [-0.4, -0.2) is 52.3 Å². The fourth-order valence-electron chi connectivity index (χ4n) is 2.61. The summed E-state index contributed by atoms with van der Waals surface area (Å²) in [4.78, 5) is 14.0. The Morgan fingerprint density at radius 3 is 2.52 bits per heavy atom. The maximum Gasteiger partial charge on any atom is 0.223 e. The number of likely N-dealkylation sites (tertiary alicyclic amines) is 1. The highest BCUT2D eigenvalue weighted by Gasteiger charge is 2.29. The molecule has 0 bridgehead atoms. The summed E-state index contributed by atoms with van der Waals surface area (Å²) in [7, 11) is -1.52. The third-order valence-electron chi connectivity index (χ3n) is 3.74. The maximum atomic E-state index is 11.9. The van der Waals surface area contributed by atoms with Gasteiger partial charge in [-0.1, -0.05) is 12.1 Å². The Hall–Kier alpha value is -1.40. The zero-order valence-corrected chi connectivity index (χ0v) is 13.2. The van der Waals surface area contributed by atoms with Gasteiger partial charge in [-0.15, -0.1) is 0 Å². The average molecular weight is 311 g/mol. The molecule has 21 heavy (non-hydrogen) atoms. The predicted molar refractivity (Wildman–Crippen MR) is 79.8 cm³/mol. The number of rotatable bonds is 6. The highest BCUT2D eigenvalue weighted by molar-refractivity contribution is 7.90. The fourth-order valence-corrected chi connectivity index (χ4v) is 3.24. The quantitative estimate of drug-likeness (QED) is 0.790. The Morgan fingerprint density at radius 2 is 1.95 bits per heavy atom. The molecule has 1 aromatic carbocycles. The van der Waals surface area contributed by atoms with Crippen LogP contribution in [0.15, 0.2) is 29.2 Å². The van der Waals surface area contributed by atoms with Crippen LogP contribution in [0.5, 0.6) is 0 Å². The Labute approximate surface area is 125 Å². The number of nitrogens with zero attached hydrogens (tertiary/aromatic N) is 1. The van der Waals surface area contributed by atoms with Gasteiger partial charge < -0.3 is 9.64 Å². The molecule has 0 aromatic heterocycles. The van der Waals surface area contributed by atoms with Gasteiger partial charge in [0.05, 0.1) is 11.5 Å². The van der Waals surface area contributed by atoms with Gasteiger partial charge in [0.25, 0.3) is 0 Å². The molecule has 6 heteroatoms. The molecule has 116 valence electrons. The van der Waals surface area contributed by atoms with Gasteiger partial charge in [0.1, 0.15) is 0 Å². The van der Waals surface area contributed by atoms with Gasteiger partial charge in [-0.3, -0.25) is 4.79 Å². The molecule has 1 heterocycles. The minimum atomic E-state index is -3.15. The third-order valence-corrected chi connectivity index (χ3v) is 4.86. The first-order valence-corrected chi connectivity index (χ1v) is 8.85. The lowest BCUT2D eigenvalue weighted by molar-refractivity contribution is -0.128. The van der Waals surface area contributed by atoms with Crippen molar-refractivity contribution in [1.29, 1.82) is 0 Å². The first-order chi connectivity index (χ1) is 9.90. The summed E-state index contributed by atoms with van der Waals surface area (Å²) in [6.07, 6.45) is 2.54. The van der Waals surface area contributed by atoms with Crippen molar-refractivity contribution < 1.29 is 17.9 Å². The Bertz CT molecular complexity index is 595. The van der Waals surface area contributed by atoms with Gasteiger partial charge in [0.15, 0.2) is 9.84 Å². The summed E-state index contributed by atoms with van der Waals surface area (Å²) in [5, 5.41) is 0. The highest BCUT2D eigenvalue weighted by Crippen LogP contribution is 2.22. The number of carbonyl (C=O) groups is 1. The van der Waals surface area contributed by atoms with Crippen LogP contribution in [0, 0.1) is 5.92 Å². The molecule has 1 amide bonds. The van der Waals surface area contributed by atoms with Crippen molar-refractivity contribution in [2.24, 2.45) is 5.92 Å². The van der Waals surface area contributed by atoms with E-state index >= 15 is 0 Å². The van der Waals surface area contributed by atoms with Crippen molar-refractivity contribution in [2.45, 2.75) is 17.7 Å². The van der Waals surface area contributed by atoms with E-state index < -0.39 is 9.84 Å². The van der Waals surface area contributed by atoms with Crippen LogP contribution in [0.3, 0.4) is 0 Å². The molecule has 1 aliphatic heterocycles. The minimum Gasteiger partial charge on any atom is -0.383 e. The lowest BCUT2D eigenvalue weighted by Crippen LogP contribution is -2.28. The smallest absolute Gasteiger partial charge is 0.223 e. The normalized spacial score (nSPS) is 19.2. The van der Waals surface area contributed by atoms with Crippen molar-refractivity contribution in [2.75, 3.05) is 33.1 Å². The van der Waals surface area contributed by atoms with E-state index in [1.165, 1.54) is 6.26 Å². The number of amides is 1. The number of benzene rings is 1. The molecule has 0 saturated carbocycles. The van der Waals surface area contributed by atoms with Gasteiger partial charge in [0.2, 0.25) is 5.91 Å². The minimum absolute atomic E-state index is 0.171. The van der Waals surface area contributed by atoms with Crippen molar-refractivity contribution in [1.82, 2.24) is 4.90 Å². The number of hydrogen-bond donors (Lipinski definition) is 0. The van der Waals surface area contributed by atoms with E-state index in [9.17, 15) is 13.2 Å². The molecule has 1 saturated heterocycles.